The van der Waals surface area contributed by atoms with Gasteiger partial charge in [-0.2, -0.15) is 10.3 Å². The van der Waals surface area contributed by atoms with Gasteiger partial charge in [0.25, 0.3) is 0 Å². The van der Waals surface area contributed by atoms with Gasteiger partial charge in [-0.3, -0.25) is 0 Å². The Balaban J connectivity index is 2.17. The van der Waals surface area contributed by atoms with Gasteiger partial charge in [0.15, 0.2) is 0 Å². The second-order valence-corrected chi connectivity index (χ2v) is 3.10. The van der Waals surface area contributed by atoms with Gasteiger partial charge in [0.2, 0.25) is 5.82 Å². The molecule has 2 amide bonds. The average Bonchev–Trinajstić information content (AvgIpc) is 2.82. The summed E-state index contributed by atoms with van der Waals surface area (Å²) in [6, 6.07) is 6.56. The van der Waals surface area contributed by atoms with E-state index in [-0.39, 0.29) is 0 Å². The van der Waals surface area contributed by atoms with Crippen molar-refractivity contribution in [1.82, 2.24) is 26.0 Å². The van der Waals surface area contributed by atoms with Crippen LogP contribution < -0.4 is 11.2 Å². The maximum absolute atomic E-state index is 10.4. The molecule has 1 aromatic heterocycles. The molecule has 0 saturated carbocycles. The summed E-state index contributed by atoms with van der Waals surface area (Å²) >= 11 is 0. The molecule has 86 valence electrons. The van der Waals surface area contributed by atoms with Crippen LogP contribution in [0.1, 0.15) is 5.56 Å². The summed E-state index contributed by atoms with van der Waals surface area (Å²) in [6.07, 6.45) is 1.47. The van der Waals surface area contributed by atoms with E-state index >= 15 is 0 Å². The van der Waals surface area contributed by atoms with Gasteiger partial charge in [0.1, 0.15) is 0 Å². The lowest BCUT2D eigenvalue weighted by Crippen LogP contribution is -2.24. The van der Waals surface area contributed by atoms with Crippen LogP contribution in [0.2, 0.25) is 0 Å². The van der Waals surface area contributed by atoms with Crippen molar-refractivity contribution in [2.24, 2.45) is 10.8 Å². The molecule has 0 bridgehead atoms. The predicted octanol–water partition coefficient (Wildman–Crippen LogP) is -0.131. The molecule has 1 aromatic carbocycles. The molecule has 1 heterocycles. The molecule has 0 aliphatic carbocycles. The van der Waals surface area contributed by atoms with Crippen molar-refractivity contribution in [1.29, 1.82) is 0 Å². The summed E-state index contributed by atoms with van der Waals surface area (Å²) in [5.41, 5.74) is 8.55. The van der Waals surface area contributed by atoms with E-state index in [9.17, 15) is 4.79 Å². The molecule has 8 heteroatoms. The fraction of sp³-hybridized carbons (Fsp3) is 0. The number of amides is 2. The van der Waals surface area contributed by atoms with E-state index in [1.54, 1.807) is 6.07 Å². The monoisotopic (exact) mass is 231 g/mol. The normalized spacial score (nSPS) is 10.6. The van der Waals surface area contributed by atoms with Gasteiger partial charge >= 0.3 is 6.03 Å². The summed E-state index contributed by atoms with van der Waals surface area (Å²) in [4.78, 5) is 10.4. The van der Waals surface area contributed by atoms with Gasteiger partial charge in [-0.1, -0.05) is 18.2 Å². The topological polar surface area (TPSA) is 122 Å². The first kappa shape index (κ1) is 10.7. The number of nitrogens with one attached hydrogen (secondary N) is 2. The Bertz CT molecular complexity index is 534. The van der Waals surface area contributed by atoms with E-state index in [0.717, 1.165) is 11.1 Å². The Morgan fingerprint density at radius 1 is 1.53 bits per heavy atom. The number of carbonyl (C=O) groups excluding carboxylic acids is 1. The minimum Gasteiger partial charge on any atom is -0.350 e. The highest BCUT2D eigenvalue weighted by molar-refractivity contribution is 5.83. The molecule has 4 N–H and O–H groups in total. The first-order chi connectivity index (χ1) is 8.25. The van der Waals surface area contributed by atoms with Crippen LogP contribution >= 0.6 is 0 Å². The fourth-order valence-corrected chi connectivity index (χ4v) is 1.21. The molecule has 0 aliphatic rings. The molecule has 2 rings (SSSR count). The summed E-state index contributed by atoms with van der Waals surface area (Å²) in [5.74, 6) is 0.489. The Labute approximate surface area is 95.9 Å². The van der Waals surface area contributed by atoms with Crippen LogP contribution in [-0.4, -0.2) is 32.9 Å². The molecule has 0 unspecified atom stereocenters. The largest absolute Gasteiger partial charge is 0.350 e. The van der Waals surface area contributed by atoms with Crippen LogP contribution in [0.15, 0.2) is 29.4 Å². The lowest BCUT2D eigenvalue weighted by Gasteiger charge is -1.96. The smallest absolute Gasteiger partial charge is 0.332 e. The van der Waals surface area contributed by atoms with E-state index in [0.29, 0.717) is 5.82 Å². The number of urea groups is 1. The second-order valence-electron chi connectivity index (χ2n) is 3.10. The van der Waals surface area contributed by atoms with Gasteiger partial charge in [0.05, 0.1) is 6.21 Å². The van der Waals surface area contributed by atoms with Crippen molar-refractivity contribution in [3.05, 3.63) is 29.8 Å². The van der Waals surface area contributed by atoms with Gasteiger partial charge in [-0.25, -0.2) is 10.2 Å². The molecule has 0 saturated heterocycles. The molecule has 0 aliphatic heterocycles. The second kappa shape index (κ2) is 4.84. The number of nitrogens with zero attached hydrogens (tertiary/aromatic N) is 4. The first-order valence-electron chi connectivity index (χ1n) is 4.68. The molecule has 0 spiro atoms. The summed E-state index contributed by atoms with van der Waals surface area (Å²) in [7, 11) is 0. The van der Waals surface area contributed by atoms with Gasteiger partial charge < -0.3 is 5.73 Å². The number of hydrogen-bond donors (Lipinski definition) is 3. The molecule has 2 aromatic rings. The standard InChI is InChI=1S/C9H9N7O/c10-9(17)14-11-5-6-2-1-3-7(4-6)8-12-15-16-13-8/h1-5H,(H3,10,14,17)(H,12,13,15,16). The van der Waals surface area contributed by atoms with Gasteiger partial charge in [-0.05, 0) is 16.8 Å². The third-order valence-electron chi connectivity index (χ3n) is 1.88. The summed E-state index contributed by atoms with van der Waals surface area (Å²) in [6.45, 7) is 0. The number of tetrazole rings is 1. The number of nitrogens with two attached hydrogens (primary N) is 1. The Morgan fingerprint density at radius 2 is 2.41 bits per heavy atom. The Kier molecular flexibility index (Phi) is 3.05. The summed E-state index contributed by atoms with van der Waals surface area (Å²) < 4.78 is 0. The predicted molar refractivity (Wildman–Crippen MR) is 59.9 cm³/mol. The SMILES string of the molecule is NC(=O)NN=Cc1cccc(-c2nn[nH]n2)c1. The highest BCUT2D eigenvalue weighted by atomic mass is 16.2. The maximum Gasteiger partial charge on any atom is 0.332 e. The van der Waals surface area contributed by atoms with Crippen LogP contribution in [0.4, 0.5) is 4.79 Å². The van der Waals surface area contributed by atoms with Crippen LogP contribution in [0.5, 0.6) is 0 Å². The van der Waals surface area contributed by atoms with Gasteiger partial charge in [-0.15, -0.1) is 10.2 Å². The molecule has 17 heavy (non-hydrogen) atoms. The third kappa shape index (κ3) is 2.84. The van der Waals surface area contributed by atoms with E-state index in [2.05, 4.69) is 31.2 Å². The lowest BCUT2D eigenvalue weighted by atomic mass is 10.1. The number of hydrogen-bond acceptors (Lipinski definition) is 5. The zero-order valence-corrected chi connectivity index (χ0v) is 8.66. The molecule has 0 radical (unpaired) electrons. The minimum absolute atomic E-state index is 0.489. The van der Waals surface area contributed by atoms with Crippen molar-refractivity contribution in [2.45, 2.75) is 0 Å². The lowest BCUT2D eigenvalue weighted by molar-refractivity contribution is 0.249. The Morgan fingerprint density at radius 3 is 3.12 bits per heavy atom. The third-order valence-corrected chi connectivity index (χ3v) is 1.88. The number of benzene rings is 1. The average molecular weight is 231 g/mol. The number of hydrazone groups is 1. The molecule has 8 nitrogen and oxygen atoms in total. The van der Waals surface area contributed by atoms with Crippen LogP contribution in [0.3, 0.4) is 0 Å². The highest BCUT2D eigenvalue weighted by Crippen LogP contribution is 2.13. The fourth-order valence-electron chi connectivity index (χ4n) is 1.21. The minimum atomic E-state index is -0.712. The van der Waals surface area contributed by atoms with Crippen molar-refractivity contribution in [2.75, 3.05) is 0 Å². The summed E-state index contributed by atoms with van der Waals surface area (Å²) in [5, 5.41) is 17.2. The molecule has 0 atom stereocenters. The Hall–Kier alpha value is -2.77. The van der Waals surface area contributed by atoms with Crippen molar-refractivity contribution in [3.8, 4) is 11.4 Å². The van der Waals surface area contributed by atoms with Crippen molar-refractivity contribution in [3.63, 3.8) is 0 Å². The highest BCUT2D eigenvalue weighted by Gasteiger charge is 2.02. The van der Waals surface area contributed by atoms with E-state index in [1.807, 2.05) is 18.2 Å². The van der Waals surface area contributed by atoms with Crippen molar-refractivity contribution < 1.29 is 4.79 Å². The van der Waals surface area contributed by atoms with Crippen LogP contribution in [0, 0.1) is 0 Å². The number of aromatic nitrogens is 4. The number of carbonyl (C=O) groups is 1. The number of H-pyrrole nitrogens is 1. The van der Waals surface area contributed by atoms with Crippen LogP contribution in [-0.2, 0) is 0 Å². The first-order valence-corrected chi connectivity index (χ1v) is 4.68. The van der Waals surface area contributed by atoms with Crippen molar-refractivity contribution >= 4 is 12.2 Å². The van der Waals surface area contributed by atoms with E-state index in [1.165, 1.54) is 6.21 Å². The maximum atomic E-state index is 10.4. The molecular weight excluding hydrogens is 222 g/mol. The van der Waals surface area contributed by atoms with E-state index in [4.69, 9.17) is 5.73 Å². The zero-order valence-electron chi connectivity index (χ0n) is 8.66. The van der Waals surface area contributed by atoms with Crippen LogP contribution in [0.25, 0.3) is 11.4 Å². The molecule has 0 fully saturated rings. The number of rotatable bonds is 3. The van der Waals surface area contributed by atoms with E-state index < -0.39 is 6.03 Å². The van der Waals surface area contributed by atoms with Gasteiger partial charge in [0, 0.05) is 5.56 Å². The quantitative estimate of drug-likeness (QED) is 0.503. The zero-order chi connectivity index (χ0) is 12.1. The number of aromatic amines is 1. The molecular formula is C9H9N7O. The number of primary amides is 1.